The van der Waals surface area contributed by atoms with Gasteiger partial charge < -0.3 is 14.6 Å². The van der Waals surface area contributed by atoms with Crippen LogP contribution in [0.4, 0.5) is 0 Å². The second kappa shape index (κ2) is 7.97. The third-order valence-corrected chi connectivity index (χ3v) is 4.33. The van der Waals surface area contributed by atoms with Crippen molar-refractivity contribution in [1.82, 2.24) is 4.98 Å². The molecule has 1 aromatic heterocycles. The lowest BCUT2D eigenvalue weighted by Crippen LogP contribution is -2.14. The summed E-state index contributed by atoms with van der Waals surface area (Å²) in [4.78, 5) is 29.0. The minimum atomic E-state index is -0.539. The fourth-order valence-corrected chi connectivity index (χ4v) is 2.88. The number of hydrogen-bond acceptors (Lipinski definition) is 6. The number of ether oxygens (including phenoxy) is 2. The van der Waals surface area contributed by atoms with Crippen molar-refractivity contribution in [2.24, 2.45) is 0 Å². The summed E-state index contributed by atoms with van der Waals surface area (Å²) >= 11 is 0. The van der Waals surface area contributed by atoms with Gasteiger partial charge in [-0.25, -0.2) is 14.6 Å². The SMILES string of the molecule is COC(=O)c1c(COC(=O)c2ccc(CO)cc2)nc2ccccc2c1C. The molecule has 6 heteroatoms. The number of aromatic nitrogens is 1. The summed E-state index contributed by atoms with van der Waals surface area (Å²) in [6.07, 6.45) is 0. The minimum Gasteiger partial charge on any atom is -0.465 e. The van der Waals surface area contributed by atoms with Crippen molar-refractivity contribution in [3.8, 4) is 0 Å². The fourth-order valence-electron chi connectivity index (χ4n) is 2.88. The summed E-state index contributed by atoms with van der Waals surface area (Å²) in [5, 5.41) is 9.91. The van der Waals surface area contributed by atoms with E-state index in [1.807, 2.05) is 31.2 Å². The molecule has 0 aliphatic rings. The molecule has 2 aromatic carbocycles. The van der Waals surface area contributed by atoms with Crippen molar-refractivity contribution in [3.63, 3.8) is 0 Å². The van der Waals surface area contributed by atoms with Gasteiger partial charge in [0.25, 0.3) is 0 Å². The van der Waals surface area contributed by atoms with Crippen LogP contribution in [0.15, 0.2) is 48.5 Å². The molecule has 0 atom stereocenters. The Balaban J connectivity index is 1.90. The van der Waals surface area contributed by atoms with Crippen molar-refractivity contribution in [2.45, 2.75) is 20.1 Å². The molecule has 27 heavy (non-hydrogen) atoms. The highest BCUT2D eigenvalue weighted by Crippen LogP contribution is 2.24. The van der Waals surface area contributed by atoms with Gasteiger partial charge in [0.1, 0.15) is 6.61 Å². The Morgan fingerprint density at radius 1 is 1.04 bits per heavy atom. The van der Waals surface area contributed by atoms with Gasteiger partial charge in [-0.1, -0.05) is 30.3 Å². The van der Waals surface area contributed by atoms with Gasteiger partial charge in [0, 0.05) is 5.39 Å². The van der Waals surface area contributed by atoms with Gasteiger partial charge >= 0.3 is 11.9 Å². The van der Waals surface area contributed by atoms with E-state index in [0.29, 0.717) is 27.9 Å². The molecular weight excluding hydrogens is 346 g/mol. The number of aliphatic hydroxyl groups is 1. The number of nitrogens with zero attached hydrogens (tertiary/aromatic N) is 1. The average molecular weight is 365 g/mol. The number of esters is 2. The van der Waals surface area contributed by atoms with Crippen molar-refractivity contribution < 1.29 is 24.2 Å². The second-order valence-electron chi connectivity index (χ2n) is 6.00. The Hall–Kier alpha value is -3.25. The van der Waals surface area contributed by atoms with E-state index in [-0.39, 0.29) is 13.2 Å². The summed E-state index contributed by atoms with van der Waals surface area (Å²) < 4.78 is 10.2. The van der Waals surface area contributed by atoms with Crippen molar-refractivity contribution in [1.29, 1.82) is 0 Å². The third-order valence-electron chi connectivity index (χ3n) is 4.33. The molecule has 0 spiro atoms. The highest BCUT2D eigenvalue weighted by Gasteiger charge is 2.20. The van der Waals surface area contributed by atoms with Gasteiger partial charge in [-0.2, -0.15) is 0 Å². The maximum absolute atomic E-state index is 12.3. The highest BCUT2D eigenvalue weighted by atomic mass is 16.5. The number of aliphatic hydroxyl groups excluding tert-OH is 1. The number of rotatable bonds is 5. The Morgan fingerprint density at radius 3 is 2.41 bits per heavy atom. The van der Waals surface area contributed by atoms with Crippen LogP contribution >= 0.6 is 0 Å². The molecule has 0 amide bonds. The van der Waals surface area contributed by atoms with E-state index in [2.05, 4.69) is 4.98 Å². The summed E-state index contributed by atoms with van der Waals surface area (Å²) in [5.74, 6) is -1.06. The Labute approximate surface area is 156 Å². The maximum atomic E-state index is 12.3. The Morgan fingerprint density at radius 2 is 1.74 bits per heavy atom. The number of para-hydroxylation sites is 1. The number of hydrogen-bond donors (Lipinski definition) is 1. The van der Waals surface area contributed by atoms with Crippen LogP contribution < -0.4 is 0 Å². The van der Waals surface area contributed by atoms with Gasteiger partial charge in [0.05, 0.1) is 36.1 Å². The van der Waals surface area contributed by atoms with Gasteiger partial charge in [-0.3, -0.25) is 0 Å². The fraction of sp³-hybridized carbons (Fsp3) is 0.190. The topological polar surface area (TPSA) is 85.7 Å². The number of aryl methyl sites for hydroxylation is 1. The molecule has 6 nitrogen and oxygen atoms in total. The molecule has 1 heterocycles. The van der Waals surface area contributed by atoms with Gasteiger partial charge in [0.15, 0.2) is 0 Å². The summed E-state index contributed by atoms with van der Waals surface area (Å²) in [7, 11) is 1.30. The number of carbonyl (C=O) groups is 2. The zero-order valence-electron chi connectivity index (χ0n) is 15.1. The molecule has 0 bridgehead atoms. The molecule has 0 saturated heterocycles. The molecule has 0 fully saturated rings. The quantitative estimate of drug-likeness (QED) is 0.699. The third kappa shape index (κ3) is 3.80. The molecule has 0 unspecified atom stereocenters. The molecule has 0 radical (unpaired) electrons. The van der Waals surface area contributed by atoms with E-state index in [9.17, 15) is 9.59 Å². The monoisotopic (exact) mass is 365 g/mol. The first-order valence-electron chi connectivity index (χ1n) is 8.38. The molecule has 3 rings (SSSR count). The molecule has 0 aliphatic carbocycles. The number of pyridine rings is 1. The first kappa shape index (κ1) is 18.5. The van der Waals surface area contributed by atoms with Crippen LogP contribution in [-0.4, -0.2) is 29.1 Å². The number of fused-ring (bicyclic) bond motifs is 1. The molecule has 3 aromatic rings. The predicted molar refractivity (Wildman–Crippen MR) is 99.3 cm³/mol. The summed E-state index contributed by atoms with van der Waals surface area (Å²) in [5.41, 5.74) is 3.14. The largest absolute Gasteiger partial charge is 0.465 e. The molecular formula is C21H19NO5. The van der Waals surface area contributed by atoms with Crippen LogP contribution in [0.1, 0.15) is 37.5 Å². The number of carbonyl (C=O) groups excluding carboxylic acids is 2. The standard InChI is InChI=1S/C21H19NO5/c1-13-16-5-3-4-6-17(16)22-18(19(13)21(25)26-2)12-27-20(24)15-9-7-14(11-23)8-10-15/h3-10,23H,11-12H2,1-2H3. The van der Waals surface area contributed by atoms with E-state index >= 15 is 0 Å². The van der Waals surface area contributed by atoms with E-state index in [4.69, 9.17) is 14.6 Å². The number of benzene rings is 2. The van der Waals surface area contributed by atoms with Crippen LogP contribution in [0.25, 0.3) is 10.9 Å². The minimum absolute atomic E-state index is 0.0991. The van der Waals surface area contributed by atoms with E-state index < -0.39 is 11.9 Å². The van der Waals surface area contributed by atoms with E-state index in [1.54, 1.807) is 24.3 Å². The Bertz CT molecular complexity index is 995. The van der Waals surface area contributed by atoms with Crippen molar-refractivity contribution in [3.05, 3.63) is 76.5 Å². The van der Waals surface area contributed by atoms with Crippen molar-refractivity contribution >= 4 is 22.8 Å². The Kier molecular flexibility index (Phi) is 5.47. The van der Waals surface area contributed by atoms with Crippen LogP contribution in [0.3, 0.4) is 0 Å². The highest BCUT2D eigenvalue weighted by molar-refractivity contribution is 5.98. The molecule has 138 valence electrons. The van der Waals surface area contributed by atoms with Crippen LogP contribution in [0, 0.1) is 6.92 Å². The first-order chi connectivity index (χ1) is 13.0. The maximum Gasteiger partial charge on any atom is 0.340 e. The predicted octanol–water partition coefficient (Wildman–Crippen LogP) is 3.18. The van der Waals surface area contributed by atoms with Crippen LogP contribution in [0.5, 0.6) is 0 Å². The molecule has 0 saturated carbocycles. The lowest BCUT2D eigenvalue weighted by molar-refractivity contribution is 0.0455. The van der Waals surface area contributed by atoms with Crippen LogP contribution in [0.2, 0.25) is 0 Å². The lowest BCUT2D eigenvalue weighted by atomic mass is 10.0. The zero-order valence-corrected chi connectivity index (χ0v) is 15.1. The van der Waals surface area contributed by atoms with Gasteiger partial charge in [-0.15, -0.1) is 0 Å². The van der Waals surface area contributed by atoms with Gasteiger partial charge in [0.2, 0.25) is 0 Å². The summed E-state index contributed by atoms with van der Waals surface area (Å²) in [6, 6.07) is 13.9. The zero-order chi connectivity index (χ0) is 19.4. The molecule has 0 aliphatic heterocycles. The normalized spacial score (nSPS) is 10.6. The average Bonchev–Trinajstić information content (AvgIpc) is 2.71. The van der Waals surface area contributed by atoms with Crippen LogP contribution in [-0.2, 0) is 22.7 Å². The van der Waals surface area contributed by atoms with Crippen molar-refractivity contribution in [2.75, 3.05) is 7.11 Å². The van der Waals surface area contributed by atoms with E-state index in [1.165, 1.54) is 7.11 Å². The second-order valence-corrected chi connectivity index (χ2v) is 6.00. The first-order valence-corrected chi connectivity index (χ1v) is 8.38. The van der Waals surface area contributed by atoms with E-state index in [0.717, 1.165) is 10.9 Å². The summed E-state index contributed by atoms with van der Waals surface area (Å²) in [6.45, 7) is 1.56. The van der Waals surface area contributed by atoms with Gasteiger partial charge in [-0.05, 0) is 36.2 Å². The lowest BCUT2D eigenvalue weighted by Gasteiger charge is -2.13. The molecule has 1 N–H and O–H groups in total. The smallest absolute Gasteiger partial charge is 0.340 e. The number of methoxy groups -OCH3 is 1.